The average molecular weight is 386 g/mol. The van der Waals surface area contributed by atoms with Crippen LogP contribution in [0.3, 0.4) is 0 Å². The minimum Gasteiger partial charge on any atom is -0.406 e. The molecule has 0 amide bonds. The lowest BCUT2D eigenvalue weighted by atomic mass is 10.0. The average Bonchev–Trinajstić information content (AvgIpc) is 2.95. The van der Waals surface area contributed by atoms with Crippen LogP contribution in [0, 0.1) is 5.92 Å². The lowest BCUT2D eigenvalue weighted by Crippen LogP contribution is -2.20. The van der Waals surface area contributed by atoms with Gasteiger partial charge in [0, 0.05) is 0 Å². The van der Waals surface area contributed by atoms with Crippen molar-refractivity contribution in [3.05, 3.63) is 46.6 Å². The van der Waals surface area contributed by atoms with Gasteiger partial charge in [-0.2, -0.15) is 0 Å². The highest BCUT2D eigenvalue weighted by molar-refractivity contribution is 6.03. The van der Waals surface area contributed by atoms with E-state index in [0.29, 0.717) is 5.90 Å². The van der Waals surface area contributed by atoms with Crippen molar-refractivity contribution in [1.82, 2.24) is 0 Å². The van der Waals surface area contributed by atoms with E-state index in [4.69, 9.17) is 4.74 Å². The molecule has 0 aromatic carbocycles. The second-order valence-corrected chi connectivity index (χ2v) is 8.57. The quantitative estimate of drug-likeness (QED) is 0.281. The summed E-state index contributed by atoms with van der Waals surface area (Å²) in [5, 5.41) is 0. The van der Waals surface area contributed by atoms with Gasteiger partial charge in [-0.3, -0.25) is 0 Å². The standard InChI is InChI=1S/C25H39NO2/c1-18(2)11-8-12-20(5)13-9-14-21(6)15-10-16-22(7)17-23-26-24(19(3)4)25(27)28-23/h11,13,15,17,19,24H,8-10,12,14,16H2,1-7H3/t24-/m1/s1. The number of hydrogen-bond acceptors (Lipinski definition) is 3. The van der Waals surface area contributed by atoms with Gasteiger partial charge < -0.3 is 4.74 Å². The first kappa shape index (κ1) is 24.1. The maximum Gasteiger partial charge on any atom is 0.337 e. The van der Waals surface area contributed by atoms with Gasteiger partial charge in [0.05, 0.1) is 0 Å². The van der Waals surface area contributed by atoms with Gasteiger partial charge in [0.2, 0.25) is 5.90 Å². The summed E-state index contributed by atoms with van der Waals surface area (Å²) < 4.78 is 5.26. The molecule has 0 saturated heterocycles. The lowest BCUT2D eigenvalue weighted by Gasteiger charge is -2.04. The molecule has 0 N–H and O–H groups in total. The number of ether oxygens (including phenoxy) is 1. The number of esters is 1. The fraction of sp³-hybridized carbons (Fsp3) is 0.600. The first-order valence-electron chi connectivity index (χ1n) is 10.6. The van der Waals surface area contributed by atoms with Crippen LogP contribution < -0.4 is 0 Å². The van der Waals surface area contributed by atoms with Crippen LogP contribution in [-0.4, -0.2) is 17.9 Å². The van der Waals surface area contributed by atoms with E-state index in [1.54, 1.807) is 0 Å². The summed E-state index contributed by atoms with van der Waals surface area (Å²) in [5.74, 6) is 0.416. The van der Waals surface area contributed by atoms with Crippen molar-refractivity contribution < 1.29 is 9.53 Å². The third kappa shape index (κ3) is 9.87. The summed E-state index contributed by atoms with van der Waals surface area (Å²) in [6.45, 7) is 14.8. The van der Waals surface area contributed by atoms with Gasteiger partial charge in [0.15, 0.2) is 6.04 Å². The van der Waals surface area contributed by atoms with Gasteiger partial charge >= 0.3 is 5.97 Å². The van der Waals surface area contributed by atoms with Crippen molar-refractivity contribution in [1.29, 1.82) is 0 Å². The van der Waals surface area contributed by atoms with Crippen molar-refractivity contribution in [2.24, 2.45) is 10.9 Å². The Morgan fingerprint density at radius 3 is 1.86 bits per heavy atom. The molecule has 0 radical (unpaired) electrons. The lowest BCUT2D eigenvalue weighted by molar-refractivity contribution is -0.135. The Hall–Kier alpha value is -1.90. The first-order chi connectivity index (χ1) is 13.2. The number of cyclic esters (lactones) is 1. The predicted octanol–water partition coefficient (Wildman–Crippen LogP) is 7.11. The molecule has 3 heteroatoms. The summed E-state index contributed by atoms with van der Waals surface area (Å²) in [7, 11) is 0. The van der Waals surface area contributed by atoms with E-state index >= 15 is 0 Å². The highest BCUT2D eigenvalue weighted by Crippen LogP contribution is 2.18. The predicted molar refractivity (Wildman–Crippen MR) is 121 cm³/mol. The van der Waals surface area contributed by atoms with Gasteiger partial charge in [-0.25, -0.2) is 9.79 Å². The normalized spacial score (nSPS) is 18.4. The van der Waals surface area contributed by atoms with Gasteiger partial charge in [-0.1, -0.05) is 54.4 Å². The number of rotatable bonds is 11. The number of carbonyl (C=O) groups is 1. The molecule has 3 nitrogen and oxygen atoms in total. The van der Waals surface area contributed by atoms with E-state index in [9.17, 15) is 4.79 Å². The molecule has 1 rings (SSSR count). The Bertz CT molecular complexity index is 671. The van der Waals surface area contributed by atoms with Crippen LogP contribution in [0.5, 0.6) is 0 Å². The van der Waals surface area contributed by atoms with Crippen molar-refractivity contribution in [2.75, 3.05) is 0 Å². The van der Waals surface area contributed by atoms with Crippen LogP contribution in [0.25, 0.3) is 0 Å². The molecule has 28 heavy (non-hydrogen) atoms. The SMILES string of the molecule is CC(C)=CCCC(C)=CCCC(C)=CCCC(C)=CC1=N[C@H](C(C)C)C(=O)O1. The van der Waals surface area contributed by atoms with Gasteiger partial charge in [0.1, 0.15) is 0 Å². The molecule has 0 aromatic heterocycles. The Morgan fingerprint density at radius 2 is 1.39 bits per heavy atom. The minimum absolute atomic E-state index is 0.175. The monoisotopic (exact) mass is 385 g/mol. The molecule has 1 atom stereocenters. The van der Waals surface area contributed by atoms with Crippen molar-refractivity contribution in [2.45, 2.75) is 93.0 Å². The number of allylic oxidation sites excluding steroid dienone is 7. The van der Waals surface area contributed by atoms with E-state index < -0.39 is 0 Å². The Balaban J connectivity index is 2.36. The summed E-state index contributed by atoms with van der Waals surface area (Å²) in [6, 6.07) is -0.347. The van der Waals surface area contributed by atoms with Crippen molar-refractivity contribution in [3.63, 3.8) is 0 Å². The van der Waals surface area contributed by atoms with E-state index in [0.717, 1.165) is 38.5 Å². The highest BCUT2D eigenvalue weighted by atomic mass is 16.6. The van der Waals surface area contributed by atoms with Crippen LogP contribution in [0.4, 0.5) is 0 Å². The van der Waals surface area contributed by atoms with Gasteiger partial charge in [0.25, 0.3) is 0 Å². The van der Waals surface area contributed by atoms with Crippen LogP contribution in [-0.2, 0) is 9.53 Å². The topological polar surface area (TPSA) is 38.7 Å². The minimum atomic E-state index is -0.347. The summed E-state index contributed by atoms with van der Waals surface area (Å²) in [6.07, 6.45) is 15.4. The second kappa shape index (κ2) is 12.5. The van der Waals surface area contributed by atoms with Crippen LogP contribution in [0.1, 0.15) is 87.0 Å². The third-order valence-electron chi connectivity index (χ3n) is 4.87. The molecule has 0 spiro atoms. The smallest absolute Gasteiger partial charge is 0.337 e. The Labute approximate surface area is 172 Å². The van der Waals surface area contributed by atoms with Crippen LogP contribution in [0.2, 0.25) is 0 Å². The molecule has 0 saturated carbocycles. The molecule has 0 fully saturated rings. The van der Waals surface area contributed by atoms with Crippen molar-refractivity contribution >= 4 is 11.9 Å². The Kier molecular flexibility index (Phi) is 10.8. The molecule has 0 bridgehead atoms. The Morgan fingerprint density at radius 1 is 0.893 bits per heavy atom. The largest absolute Gasteiger partial charge is 0.406 e. The number of hydrogen-bond donors (Lipinski definition) is 0. The summed E-state index contributed by atoms with van der Waals surface area (Å²) in [5.41, 5.74) is 5.50. The van der Waals surface area contributed by atoms with E-state index in [2.05, 4.69) is 57.8 Å². The summed E-state index contributed by atoms with van der Waals surface area (Å²) >= 11 is 0. The molecule has 0 aliphatic carbocycles. The fourth-order valence-corrected chi connectivity index (χ4v) is 3.04. The number of aliphatic imine (C=N–C) groups is 1. The highest BCUT2D eigenvalue weighted by Gasteiger charge is 2.30. The van der Waals surface area contributed by atoms with Crippen LogP contribution >= 0.6 is 0 Å². The molecule has 0 aromatic rings. The maximum atomic E-state index is 11.8. The number of nitrogens with zero attached hydrogens (tertiary/aromatic N) is 1. The molecule has 1 heterocycles. The molecule has 0 unspecified atom stereocenters. The van der Waals surface area contributed by atoms with E-state index in [1.165, 1.54) is 22.3 Å². The molecule has 1 aliphatic heterocycles. The second-order valence-electron chi connectivity index (χ2n) is 8.57. The molecular weight excluding hydrogens is 346 g/mol. The molecular formula is C25H39NO2. The first-order valence-corrected chi connectivity index (χ1v) is 10.6. The zero-order valence-corrected chi connectivity index (χ0v) is 19.0. The molecule has 156 valence electrons. The fourth-order valence-electron chi connectivity index (χ4n) is 3.04. The maximum absolute atomic E-state index is 11.8. The van der Waals surface area contributed by atoms with E-state index in [-0.39, 0.29) is 17.9 Å². The zero-order valence-electron chi connectivity index (χ0n) is 19.0. The van der Waals surface area contributed by atoms with Gasteiger partial charge in [-0.05, 0) is 85.1 Å². The zero-order chi connectivity index (χ0) is 21.1. The third-order valence-corrected chi connectivity index (χ3v) is 4.87. The molecule has 1 aliphatic rings. The summed E-state index contributed by atoms with van der Waals surface area (Å²) in [4.78, 5) is 16.1. The van der Waals surface area contributed by atoms with Crippen LogP contribution in [0.15, 0.2) is 51.6 Å². The van der Waals surface area contributed by atoms with Gasteiger partial charge in [-0.15, -0.1) is 0 Å². The van der Waals surface area contributed by atoms with E-state index in [1.807, 2.05) is 19.9 Å². The number of carbonyl (C=O) groups excluding carboxylic acids is 1. The van der Waals surface area contributed by atoms with Crippen molar-refractivity contribution in [3.8, 4) is 0 Å².